The van der Waals surface area contributed by atoms with Crippen molar-refractivity contribution in [2.24, 2.45) is 5.16 Å². The number of anilines is 1. The van der Waals surface area contributed by atoms with Gasteiger partial charge in [-0.05, 0) is 30.3 Å². The summed E-state index contributed by atoms with van der Waals surface area (Å²) in [7, 11) is -3.25. The molecule has 8 nitrogen and oxygen atoms in total. The van der Waals surface area contributed by atoms with Gasteiger partial charge in [-0.2, -0.15) is 8.42 Å². The van der Waals surface area contributed by atoms with Crippen molar-refractivity contribution in [1.82, 2.24) is 0 Å². The van der Waals surface area contributed by atoms with Gasteiger partial charge in [0.05, 0.1) is 24.1 Å². The first kappa shape index (κ1) is 19.2. The van der Waals surface area contributed by atoms with Crippen molar-refractivity contribution in [2.45, 2.75) is 6.42 Å². The summed E-state index contributed by atoms with van der Waals surface area (Å²) < 4.78 is 39.7. The van der Waals surface area contributed by atoms with E-state index in [0.717, 1.165) is 0 Å². The molecule has 1 aliphatic rings. The summed E-state index contributed by atoms with van der Waals surface area (Å²) in [4.78, 5) is 14.6. The molecule has 2 aromatic rings. The van der Waals surface area contributed by atoms with Gasteiger partial charge >= 0.3 is 10.4 Å². The lowest BCUT2D eigenvalue weighted by atomic mass is 9.98. The molecule has 27 heavy (non-hydrogen) atoms. The molecule has 0 unspecified atom stereocenters. The number of amides is 1. The summed E-state index contributed by atoms with van der Waals surface area (Å²) in [6, 6.07) is 11.6. The molecule has 1 N–H and O–H groups in total. The minimum Gasteiger partial charge on any atom is -0.496 e. The molecule has 0 atom stereocenters. The predicted molar refractivity (Wildman–Crippen MR) is 99.9 cm³/mol. The lowest BCUT2D eigenvalue weighted by Crippen LogP contribution is -2.38. The van der Waals surface area contributed by atoms with Crippen LogP contribution in [0.2, 0.25) is 5.02 Å². The number of carbonyl (C=O) groups excluding carboxylic acids is 1. The molecule has 0 saturated carbocycles. The molecule has 0 bridgehead atoms. The normalized spacial score (nSPS) is 15.4. The van der Waals surface area contributed by atoms with Crippen LogP contribution in [0.3, 0.4) is 0 Å². The van der Waals surface area contributed by atoms with Gasteiger partial charge in [0.1, 0.15) is 5.75 Å². The van der Waals surface area contributed by atoms with E-state index in [4.69, 9.17) is 20.9 Å². The highest BCUT2D eigenvalue weighted by Crippen LogP contribution is 2.33. The molecule has 1 aliphatic heterocycles. The Balaban J connectivity index is 2.04. The summed E-state index contributed by atoms with van der Waals surface area (Å²) >= 11 is 6.08. The van der Waals surface area contributed by atoms with Crippen LogP contribution in [0.1, 0.15) is 22.3 Å². The van der Waals surface area contributed by atoms with E-state index in [1.54, 1.807) is 42.5 Å². The van der Waals surface area contributed by atoms with Crippen molar-refractivity contribution in [3.05, 3.63) is 58.6 Å². The number of hydrogen-bond acceptors (Lipinski definition) is 6. The van der Waals surface area contributed by atoms with E-state index in [2.05, 4.69) is 9.44 Å². The molecule has 0 aliphatic carbocycles. The second-order valence-electron chi connectivity index (χ2n) is 5.61. The number of fused-ring (bicyclic) bond motifs is 1. The maximum atomic E-state index is 13.1. The minimum atomic E-state index is -4.73. The van der Waals surface area contributed by atoms with Gasteiger partial charge in [0.2, 0.25) is 0 Å². The molecule has 0 radical (unpaired) electrons. The fourth-order valence-corrected chi connectivity index (χ4v) is 3.16. The largest absolute Gasteiger partial charge is 0.496 e. The van der Waals surface area contributed by atoms with Gasteiger partial charge in [0, 0.05) is 23.6 Å². The van der Waals surface area contributed by atoms with Gasteiger partial charge in [-0.1, -0.05) is 28.9 Å². The lowest BCUT2D eigenvalue weighted by molar-refractivity contribution is 0.0984. The highest BCUT2D eigenvalue weighted by Gasteiger charge is 2.29. The van der Waals surface area contributed by atoms with Crippen LogP contribution in [0.15, 0.2) is 47.6 Å². The number of rotatable bonds is 4. The zero-order valence-corrected chi connectivity index (χ0v) is 15.7. The first-order valence-corrected chi connectivity index (χ1v) is 9.52. The first-order valence-electron chi connectivity index (χ1n) is 7.78. The molecule has 1 heterocycles. The van der Waals surface area contributed by atoms with Crippen LogP contribution in [0.25, 0.3) is 0 Å². The van der Waals surface area contributed by atoms with Gasteiger partial charge in [-0.3, -0.25) is 9.35 Å². The van der Waals surface area contributed by atoms with Crippen molar-refractivity contribution in [3.8, 4) is 5.75 Å². The Hall–Kier alpha value is -2.62. The van der Waals surface area contributed by atoms with Crippen LogP contribution in [-0.4, -0.2) is 38.2 Å². The molecule has 0 aromatic heterocycles. The molecule has 142 valence electrons. The van der Waals surface area contributed by atoms with Gasteiger partial charge < -0.3 is 9.64 Å². The topological polar surface area (TPSA) is 105 Å². The summed E-state index contributed by atoms with van der Waals surface area (Å²) in [5, 5.41) is 3.89. The Morgan fingerprint density at radius 3 is 2.70 bits per heavy atom. The van der Waals surface area contributed by atoms with Crippen molar-refractivity contribution in [1.29, 1.82) is 0 Å². The Bertz CT molecular complexity index is 1020. The van der Waals surface area contributed by atoms with Crippen molar-refractivity contribution >= 4 is 39.3 Å². The zero-order chi connectivity index (χ0) is 19.6. The fraction of sp³-hybridized carbons (Fsp3) is 0.176. The molecule has 0 spiro atoms. The number of benzene rings is 2. The molecule has 3 rings (SSSR count). The SMILES string of the molecule is COc1ccccc1C(=O)N1CC/C(=N\OS(=O)(=O)O)c2ccc(Cl)cc21. The summed E-state index contributed by atoms with van der Waals surface area (Å²) in [6.07, 6.45) is 0.213. The molecule has 0 fully saturated rings. The van der Waals surface area contributed by atoms with Gasteiger partial charge in [-0.25, -0.2) is 4.28 Å². The van der Waals surface area contributed by atoms with E-state index in [0.29, 0.717) is 27.6 Å². The standard InChI is InChI=1S/C17H15ClN2O6S/c1-25-16-5-3-2-4-13(16)17(21)20-9-8-14(19-26-27(22,23)24)12-7-6-11(18)10-15(12)20/h2-7,10H,8-9H2,1H3,(H,22,23,24)/b19-14+. The second kappa shape index (κ2) is 7.55. The third kappa shape index (κ3) is 4.21. The quantitative estimate of drug-likeness (QED) is 0.613. The second-order valence-corrected chi connectivity index (χ2v) is 7.05. The number of nitrogens with zero attached hydrogens (tertiary/aromatic N) is 2. The molecule has 2 aromatic carbocycles. The number of para-hydroxylation sites is 1. The highest BCUT2D eigenvalue weighted by molar-refractivity contribution is 7.80. The Kier molecular flexibility index (Phi) is 5.36. The third-order valence-electron chi connectivity index (χ3n) is 3.96. The van der Waals surface area contributed by atoms with E-state index in [1.807, 2.05) is 0 Å². The van der Waals surface area contributed by atoms with Crippen LogP contribution in [-0.2, 0) is 14.7 Å². The fourth-order valence-electron chi connectivity index (χ4n) is 2.81. The smallest absolute Gasteiger partial charge is 0.466 e. The molecular formula is C17H15ClN2O6S. The maximum absolute atomic E-state index is 13.1. The van der Waals surface area contributed by atoms with E-state index < -0.39 is 10.4 Å². The van der Waals surface area contributed by atoms with E-state index in [1.165, 1.54) is 12.0 Å². The Morgan fingerprint density at radius 2 is 2.00 bits per heavy atom. The number of oxime groups is 1. The number of hydrogen-bond donors (Lipinski definition) is 1. The van der Waals surface area contributed by atoms with E-state index in [9.17, 15) is 13.2 Å². The van der Waals surface area contributed by atoms with Crippen molar-refractivity contribution in [3.63, 3.8) is 0 Å². The molecular weight excluding hydrogens is 396 g/mol. The van der Waals surface area contributed by atoms with Gasteiger partial charge in [-0.15, -0.1) is 0 Å². The number of ether oxygens (including phenoxy) is 1. The lowest BCUT2D eigenvalue weighted by Gasteiger charge is -2.30. The van der Waals surface area contributed by atoms with Crippen molar-refractivity contribution in [2.75, 3.05) is 18.6 Å². The average molecular weight is 411 g/mol. The summed E-state index contributed by atoms with van der Waals surface area (Å²) in [5.74, 6) is 0.131. The average Bonchev–Trinajstić information content (AvgIpc) is 2.64. The third-order valence-corrected chi connectivity index (χ3v) is 4.46. The van der Waals surface area contributed by atoms with E-state index in [-0.39, 0.29) is 24.6 Å². The molecule has 10 heteroatoms. The van der Waals surface area contributed by atoms with Gasteiger partial charge in [0.25, 0.3) is 5.91 Å². The first-order chi connectivity index (χ1) is 12.8. The van der Waals surface area contributed by atoms with E-state index >= 15 is 0 Å². The Morgan fingerprint density at radius 1 is 1.26 bits per heavy atom. The van der Waals surface area contributed by atoms with Crippen LogP contribution >= 0.6 is 11.6 Å². The predicted octanol–water partition coefficient (Wildman–Crippen LogP) is 2.92. The van der Waals surface area contributed by atoms with Crippen LogP contribution in [0, 0.1) is 0 Å². The monoisotopic (exact) mass is 410 g/mol. The highest BCUT2D eigenvalue weighted by atomic mass is 35.5. The van der Waals surface area contributed by atoms with Gasteiger partial charge in [0.15, 0.2) is 0 Å². The maximum Gasteiger partial charge on any atom is 0.466 e. The number of halogens is 1. The minimum absolute atomic E-state index is 0.206. The summed E-state index contributed by atoms with van der Waals surface area (Å²) in [5.41, 5.74) is 1.56. The molecule has 1 amide bonds. The number of methoxy groups -OCH3 is 1. The number of carbonyl (C=O) groups is 1. The van der Waals surface area contributed by atoms with Crippen LogP contribution < -0.4 is 9.64 Å². The van der Waals surface area contributed by atoms with Crippen LogP contribution in [0.4, 0.5) is 5.69 Å². The van der Waals surface area contributed by atoms with Crippen molar-refractivity contribution < 1.29 is 26.8 Å². The molecule has 0 saturated heterocycles. The Labute approximate surface area is 160 Å². The van der Waals surface area contributed by atoms with Crippen LogP contribution in [0.5, 0.6) is 5.75 Å². The zero-order valence-electron chi connectivity index (χ0n) is 14.1. The summed E-state index contributed by atoms with van der Waals surface area (Å²) in [6.45, 7) is 0.206.